The molecule has 1 atom stereocenters. The number of hydrogen-bond acceptors (Lipinski definition) is 3. The Bertz CT molecular complexity index is 927. The van der Waals surface area contributed by atoms with Crippen LogP contribution in [0, 0.1) is 5.82 Å². The molecule has 148 valence electrons. The highest BCUT2D eigenvalue weighted by Crippen LogP contribution is 2.24. The van der Waals surface area contributed by atoms with Crippen LogP contribution < -0.4 is 21.5 Å². The smallest absolute Gasteiger partial charge is 0.312 e. The Labute approximate surface area is 168 Å². The van der Waals surface area contributed by atoms with E-state index in [9.17, 15) is 14.0 Å². The van der Waals surface area contributed by atoms with E-state index in [0.29, 0.717) is 0 Å². The molecule has 0 spiro atoms. The first-order valence-corrected chi connectivity index (χ1v) is 9.04. The van der Waals surface area contributed by atoms with Crippen molar-refractivity contribution in [3.8, 4) is 0 Å². The van der Waals surface area contributed by atoms with Gasteiger partial charge < -0.3 is 11.1 Å². The number of urea groups is 1. The number of hydrazine groups is 1. The Morgan fingerprint density at radius 2 is 1.38 bits per heavy atom. The highest BCUT2D eigenvalue weighted by Gasteiger charge is 2.22. The molecule has 0 aliphatic carbocycles. The predicted octanol–water partition coefficient (Wildman–Crippen LogP) is 3.79. The third kappa shape index (κ3) is 5.32. The molecule has 0 fully saturated rings. The van der Waals surface area contributed by atoms with Crippen molar-refractivity contribution in [1.82, 2.24) is 10.7 Å². The number of hydrogen-bond donors (Lipinski definition) is 3. The lowest BCUT2D eigenvalue weighted by atomic mass is 10.0. The summed E-state index contributed by atoms with van der Waals surface area (Å²) in [5.74, 6) is -0.943. The van der Waals surface area contributed by atoms with Gasteiger partial charge in [0, 0.05) is 5.56 Å². The summed E-state index contributed by atoms with van der Waals surface area (Å²) in [6.45, 7) is 0. The van der Waals surface area contributed by atoms with Gasteiger partial charge in [0.05, 0.1) is 23.8 Å². The van der Waals surface area contributed by atoms with Crippen molar-refractivity contribution < 1.29 is 14.0 Å². The first-order valence-electron chi connectivity index (χ1n) is 9.04. The number of nitrogens with zero attached hydrogens (tertiary/aromatic N) is 1. The molecule has 0 bridgehead atoms. The van der Waals surface area contributed by atoms with E-state index in [1.54, 1.807) is 11.1 Å². The molecular formula is C22H21FN4O2. The molecule has 0 aliphatic rings. The number of nitrogens with one attached hydrogen (secondary N) is 2. The third-order valence-electron chi connectivity index (χ3n) is 4.25. The van der Waals surface area contributed by atoms with Gasteiger partial charge in [-0.1, -0.05) is 54.6 Å². The molecule has 0 radical (unpaired) electrons. The summed E-state index contributed by atoms with van der Waals surface area (Å²) in [5.41, 5.74) is 9.73. The lowest BCUT2D eigenvalue weighted by Gasteiger charge is -2.27. The van der Waals surface area contributed by atoms with Crippen molar-refractivity contribution in [3.63, 3.8) is 0 Å². The minimum Gasteiger partial charge on any atom is -0.352 e. The molecule has 6 nitrogen and oxygen atoms in total. The van der Waals surface area contributed by atoms with E-state index in [1.807, 2.05) is 60.7 Å². The molecule has 0 saturated heterocycles. The zero-order valence-corrected chi connectivity index (χ0v) is 15.6. The average Bonchev–Trinajstić information content (AvgIpc) is 2.73. The van der Waals surface area contributed by atoms with Crippen LogP contribution in [0.15, 0.2) is 84.9 Å². The van der Waals surface area contributed by atoms with Gasteiger partial charge in [-0.3, -0.25) is 15.2 Å². The number of halogens is 1. The Morgan fingerprint density at radius 1 is 0.862 bits per heavy atom. The van der Waals surface area contributed by atoms with Gasteiger partial charge in [0.2, 0.25) is 5.91 Å². The van der Waals surface area contributed by atoms with Crippen LogP contribution in [-0.2, 0) is 4.79 Å². The van der Waals surface area contributed by atoms with Crippen molar-refractivity contribution in [2.24, 2.45) is 5.73 Å². The summed E-state index contributed by atoms with van der Waals surface area (Å²) < 4.78 is 14.2. The van der Waals surface area contributed by atoms with Gasteiger partial charge in [-0.05, 0) is 30.3 Å². The van der Waals surface area contributed by atoms with Crippen LogP contribution >= 0.6 is 0 Å². The SMILES string of the molecule is NC(=O)N[C@@H](CC(=O)NN(c1ccccc1)c1ccccc1)c1ccccc1F. The standard InChI is InChI=1S/C22H21FN4O2/c23-19-14-8-7-13-18(19)20(25-22(24)29)15-21(28)26-27(16-9-3-1-4-10-16)17-11-5-2-6-12-17/h1-14,20H,15H2,(H,26,28)(H3,24,25,29)/t20-/m0/s1. The minimum atomic E-state index is -0.901. The second-order valence-electron chi connectivity index (χ2n) is 6.33. The van der Waals surface area contributed by atoms with Gasteiger partial charge in [-0.2, -0.15) is 0 Å². The summed E-state index contributed by atoms with van der Waals surface area (Å²) >= 11 is 0. The third-order valence-corrected chi connectivity index (χ3v) is 4.25. The van der Waals surface area contributed by atoms with Crippen molar-refractivity contribution in [2.75, 3.05) is 5.01 Å². The van der Waals surface area contributed by atoms with E-state index in [0.717, 1.165) is 11.4 Å². The largest absolute Gasteiger partial charge is 0.352 e. The van der Waals surface area contributed by atoms with E-state index < -0.39 is 23.8 Å². The first-order chi connectivity index (χ1) is 14.0. The average molecular weight is 392 g/mol. The number of anilines is 2. The van der Waals surface area contributed by atoms with Crippen LogP contribution in [-0.4, -0.2) is 11.9 Å². The van der Waals surface area contributed by atoms with Crippen LogP contribution in [0.5, 0.6) is 0 Å². The van der Waals surface area contributed by atoms with E-state index in [2.05, 4.69) is 10.7 Å². The zero-order valence-electron chi connectivity index (χ0n) is 15.6. The summed E-state index contributed by atoms with van der Waals surface area (Å²) in [4.78, 5) is 24.2. The second kappa shape index (κ2) is 9.36. The fraction of sp³-hybridized carbons (Fsp3) is 0.0909. The fourth-order valence-corrected chi connectivity index (χ4v) is 2.96. The second-order valence-corrected chi connectivity index (χ2v) is 6.33. The molecule has 0 unspecified atom stereocenters. The van der Waals surface area contributed by atoms with Gasteiger partial charge in [0.25, 0.3) is 0 Å². The molecular weight excluding hydrogens is 371 g/mol. The van der Waals surface area contributed by atoms with Crippen molar-refractivity contribution in [3.05, 3.63) is 96.3 Å². The molecule has 29 heavy (non-hydrogen) atoms. The lowest BCUT2D eigenvalue weighted by molar-refractivity contribution is -0.121. The van der Waals surface area contributed by atoms with Crippen LogP contribution in [0.4, 0.5) is 20.6 Å². The van der Waals surface area contributed by atoms with E-state index >= 15 is 0 Å². The molecule has 3 rings (SSSR count). The van der Waals surface area contributed by atoms with E-state index in [4.69, 9.17) is 5.73 Å². The molecule has 0 aromatic heterocycles. The lowest BCUT2D eigenvalue weighted by Crippen LogP contribution is -2.42. The molecule has 3 aromatic carbocycles. The van der Waals surface area contributed by atoms with Gasteiger partial charge in [0.15, 0.2) is 0 Å². The highest BCUT2D eigenvalue weighted by molar-refractivity contribution is 5.82. The van der Waals surface area contributed by atoms with Crippen LogP contribution in [0.2, 0.25) is 0 Å². The maximum absolute atomic E-state index is 14.2. The van der Waals surface area contributed by atoms with Crippen molar-refractivity contribution in [2.45, 2.75) is 12.5 Å². The van der Waals surface area contributed by atoms with E-state index in [-0.39, 0.29) is 12.0 Å². The monoisotopic (exact) mass is 392 g/mol. The van der Waals surface area contributed by atoms with Crippen molar-refractivity contribution in [1.29, 1.82) is 0 Å². The maximum atomic E-state index is 14.2. The Hall–Kier alpha value is -3.87. The normalized spacial score (nSPS) is 11.3. The topological polar surface area (TPSA) is 87.5 Å². The van der Waals surface area contributed by atoms with Gasteiger partial charge >= 0.3 is 6.03 Å². The highest BCUT2D eigenvalue weighted by atomic mass is 19.1. The number of nitrogens with two attached hydrogens (primary N) is 1. The Kier molecular flexibility index (Phi) is 6.42. The van der Waals surface area contributed by atoms with Crippen molar-refractivity contribution >= 4 is 23.3 Å². The molecule has 7 heteroatoms. The van der Waals surface area contributed by atoms with Gasteiger partial charge in [-0.25, -0.2) is 9.18 Å². The van der Waals surface area contributed by atoms with Gasteiger partial charge in [-0.15, -0.1) is 0 Å². The molecule has 3 amide bonds. The number of para-hydroxylation sites is 2. The summed E-state index contributed by atoms with van der Waals surface area (Å²) in [7, 11) is 0. The molecule has 0 aliphatic heterocycles. The quantitative estimate of drug-likeness (QED) is 0.535. The van der Waals surface area contributed by atoms with Crippen LogP contribution in [0.25, 0.3) is 0 Å². The number of benzene rings is 3. The number of primary amides is 1. The number of rotatable bonds is 7. The van der Waals surface area contributed by atoms with Gasteiger partial charge in [0.1, 0.15) is 5.82 Å². The summed E-state index contributed by atoms with van der Waals surface area (Å²) in [6, 6.07) is 22.8. The van der Waals surface area contributed by atoms with E-state index in [1.165, 1.54) is 18.2 Å². The van der Waals surface area contributed by atoms with Crippen LogP contribution in [0.3, 0.4) is 0 Å². The summed E-state index contributed by atoms with van der Waals surface area (Å²) in [5, 5.41) is 4.07. The molecule has 0 saturated carbocycles. The molecule has 4 N–H and O–H groups in total. The number of carbonyl (C=O) groups is 2. The Morgan fingerprint density at radius 3 is 1.90 bits per heavy atom. The Balaban J connectivity index is 1.83. The van der Waals surface area contributed by atoms with Crippen LogP contribution in [0.1, 0.15) is 18.0 Å². The maximum Gasteiger partial charge on any atom is 0.312 e. The zero-order chi connectivity index (χ0) is 20.6. The number of amides is 3. The molecule has 0 heterocycles. The number of carbonyl (C=O) groups excluding carboxylic acids is 2. The summed E-state index contributed by atoms with van der Waals surface area (Å²) in [6.07, 6.45) is -0.194. The molecule has 3 aromatic rings. The fourth-order valence-electron chi connectivity index (χ4n) is 2.96. The minimum absolute atomic E-state index is 0.187. The first kappa shape index (κ1) is 19.9. The predicted molar refractivity (Wildman–Crippen MR) is 110 cm³/mol.